The van der Waals surface area contributed by atoms with E-state index in [2.05, 4.69) is 17.9 Å². The predicted octanol–water partition coefficient (Wildman–Crippen LogP) is 1.64. The molecule has 0 aliphatic heterocycles. The van der Waals surface area contributed by atoms with Crippen LogP contribution in [-0.4, -0.2) is 25.4 Å². The minimum absolute atomic E-state index is 0.105. The standard InChI is InChI=1S/C12H17NO3S/c1-8(17)12(14)13-7-9-4-5-10(15-2)6-11(9)16-3/h4-6,8,17H,7H2,1-3H3,(H,13,14). The van der Waals surface area contributed by atoms with Gasteiger partial charge in [0, 0.05) is 18.2 Å². The zero-order valence-electron chi connectivity index (χ0n) is 10.2. The number of rotatable bonds is 5. The zero-order valence-corrected chi connectivity index (χ0v) is 11.1. The van der Waals surface area contributed by atoms with Crippen molar-refractivity contribution < 1.29 is 14.3 Å². The maximum absolute atomic E-state index is 11.4. The van der Waals surface area contributed by atoms with E-state index < -0.39 is 0 Å². The van der Waals surface area contributed by atoms with Crippen molar-refractivity contribution in [3.05, 3.63) is 23.8 Å². The number of benzene rings is 1. The molecule has 1 atom stereocenters. The zero-order chi connectivity index (χ0) is 12.8. The highest BCUT2D eigenvalue weighted by molar-refractivity contribution is 7.81. The van der Waals surface area contributed by atoms with Crippen molar-refractivity contribution in [1.82, 2.24) is 5.32 Å². The van der Waals surface area contributed by atoms with Crippen molar-refractivity contribution in [2.45, 2.75) is 18.7 Å². The number of methoxy groups -OCH3 is 2. The smallest absolute Gasteiger partial charge is 0.232 e. The Hall–Kier alpha value is -1.36. The molecule has 0 aliphatic carbocycles. The van der Waals surface area contributed by atoms with E-state index in [1.165, 1.54) is 0 Å². The van der Waals surface area contributed by atoms with Gasteiger partial charge in [-0.1, -0.05) is 0 Å². The summed E-state index contributed by atoms with van der Waals surface area (Å²) in [6.07, 6.45) is 0. The van der Waals surface area contributed by atoms with Gasteiger partial charge in [0.25, 0.3) is 0 Å². The number of carbonyl (C=O) groups excluding carboxylic acids is 1. The molecule has 94 valence electrons. The molecule has 17 heavy (non-hydrogen) atoms. The van der Waals surface area contributed by atoms with Crippen LogP contribution < -0.4 is 14.8 Å². The van der Waals surface area contributed by atoms with Crippen LogP contribution in [-0.2, 0) is 11.3 Å². The van der Waals surface area contributed by atoms with Gasteiger partial charge in [-0.25, -0.2) is 0 Å². The first-order valence-electron chi connectivity index (χ1n) is 5.25. The summed E-state index contributed by atoms with van der Waals surface area (Å²) in [5.74, 6) is 1.31. The molecular weight excluding hydrogens is 238 g/mol. The highest BCUT2D eigenvalue weighted by Crippen LogP contribution is 2.24. The van der Waals surface area contributed by atoms with Gasteiger partial charge in [-0.05, 0) is 19.1 Å². The number of thiol groups is 1. The summed E-state index contributed by atoms with van der Waals surface area (Å²) >= 11 is 4.06. The average molecular weight is 255 g/mol. The normalized spacial score (nSPS) is 11.8. The van der Waals surface area contributed by atoms with E-state index in [-0.39, 0.29) is 11.2 Å². The number of carbonyl (C=O) groups is 1. The van der Waals surface area contributed by atoms with E-state index in [0.29, 0.717) is 12.3 Å². The van der Waals surface area contributed by atoms with Crippen molar-refractivity contribution in [2.24, 2.45) is 0 Å². The second-order valence-corrected chi connectivity index (χ2v) is 4.35. The average Bonchev–Trinajstić information content (AvgIpc) is 2.35. The molecule has 1 aromatic carbocycles. The molecule has 4 nitrogen and oxygen atoms in total. The lowest BCUT2D eigenvalue weighted by Crippen LogP contribution is -2.29. The van der Waals surface area contributed by atoms with Gasteiger partial charge in [0.2, 0.25) is 5.91 Å². The van der Waals surface area contributed by atoms with Gasteiger partial charge in [0.05, 0.1) is 19.5 Å². The van der Waals surface area contributed by atoms with E-state index in [0.717, 1.165) is 11.3 Å². The van der Waals surface area contributed by atoms with Crippen LogP contribution >= 0.6 is 12.6 Å². The van der Waals surface area contributed by atoms with Crippen molar-refractivity contribution in [3.8, 4) is 11.5 Å². The quantitative estimate of drug-likeness (QED) is 0.786. The molecule has 0 aliphatic rings. The fourth-order valence-corrected chi connectivity index (χ4v) is 1.42. The first kappa shape index (κ1) is 13.7. The molecule has 0 radical (unpaired) electrons. The Morgan fingerprint density at radius 3 is 2.65 bits per heavy atom. The van der Waals surface area contributed by atoms with E-state index in [1.54, 1.807) is 27.2 Å². The van der Waals surface area contributed by atoms with Crippen molar-refractivity contribution >= 4 is 18.5 Å². The monoisotopic (exact) mass is 255 g/mol. The van der Waals surface area contributed by atoms with Gasteiger partial charge in [-0.2, -0.15) is 12.6 Å². The van der Waals surface area contributed by atoms with Crippen LogP contribution in [0.25, 0.3) is 0 Å². The van der Waals surface area contributed by atoms with Crippen molar-refractivity contribution in [3.63, 3.8) is 0 Å². The maximum atomic E-state index is 11.4. The Morgan fingerprint density at radius 2 is 2.12 bits per heavy atom. The fourth-order valence-electron chi connectivity index (χ4n) is 1.33. The summed E-state index contributed by atoms with van der Waals surface area (Å²) in [4.78, 5) is 11.4. The largest absolute Gasteiger partial charge is 0.497 e. The highest BCUT2D eigenvalue weighted by atomic mass is 32.1. The van der Waals surface area contributed by atoms with Crippen LogP contribution in [0, 0.1) is 0 Å². The van der Waals surface area contributed by atoms with Crippen LogP contribution in [0.5, 0.6) is 11.5 Å². The second kappa shape index (κ2) is 6.39. The summed E-state index contributed by atoms with van der Waals surface area (Å²) in [6, 6.07) is 5.47. The summed E-state index contributed by atoms with van der Waals surface area (Å²) in [5, 5.41) is 2.45. The molecule has 0 saturated heterocycles. The Labute approximate surface area is 107 Å². The topological polar surface area (TPSA) is 47.6 Å². The summed E-state index contributed by atoms with van der Waals surface area (Å²) in [6.45, 7) is 2.14. The van der Waals surface area contributed by atoms with Gasteiger partial charge in [-0.15, -0.1) is 0 Å². The van der Waals surface area contributed by atoms with Crippen molar-refractivity contribution in [1.29, 1.82) is 0 Å². The number of nitrogens with one attached hydrogen (secondary N) is 1. The SMILES string of the molecule is COc1ccc(CNC(=O)C(C)S)c(OC)c1. The van der Waals surface area contributed by atoms with Crippen molar-refractivity contribution in [2.75, 3.05) is 14.2 Å². The highest BCUT2D eigenvalue weighted by Gasteiger charge is 2.09. The Balaban J connectivity index is 2.74. The molecular formula is C12H17NO3S. The first-order valence-corrected chi connectivity index (χ1v) is 5.76. The maximum Gasteiger partial charge on any atom is 0.232 e. The second-order valence-electron chi connectivity index (χ2n) is 3.57. The Kier molecular flexibility index (Phi) is 5.15. The van der Waals surface area contributed by atoms with Gasteiger partial charge >= 0.3 is 0 Å². The van der Waals surface area contributed by atoms with Crippen LogP contribution in [0.2, 0.25) is 0 Å². The third-order valence-corrected chi connectivity index (χ3v) is 2.56. The van der Waals surface area contributed by atoms with Crippen LogP contribution in [0.4, 0.5) is 0 Å². The van der Waals surface area contributed by atoms with Gasteiger partial charge in [0.15, 0.2) is 0 Å². The molecule has 1 amide bonds. The van der Waals surface area contributed by atoms with Crippen LogP contribution in [0.3, 0.4) is 0 Å². The molecule has 0 fully saturated rings. The molecule has 0 bridgehead atoms. The Morgan fingerprint density at radius 1 is 1.41 bits per heavy atom. The van der Waals surface area contributed by atoms with Gasteiger partial charge in [-0.3, -0.25) is 4.79 Å². The van der Waals surface area contributed by atoms with Gasteiger partial charge in [0.1, 0.15) is 11.5 Å². The minimum atomic E-state index is -0.320. The minimum Gasteiger partial charge on any atom is -0.497 e. The fraction of sp³-hybridized carbons (Fsp3) is 0.417. The number of ether oxygens (including phenoxy) is 2. The number of hydrogen-bond donors (Lipinski definition) is 2. The molecule has 5 heteroatoms. The lowest BCUT2D eigenvalue weighted by molar-refractivity contribution is -0.120. The van der Waals surface area contributed by atoms with E-state index in [9.17, 15) is 4.79 Å². The van der Waals surface area contributed by atoms with E-state index in [4.69, 9.17) is 9.47 Å². The lowest BCUT2D eigenvalue weighted by Gasteiger charge is -2.12. The molecule has 0 spiro atoms. The van der Waals surface area contributed by atoms with E-state index in [1.807, 2.05) is 12.1 Å². The molecule has 0 saturated carbocycles. The Bertz CT molecular complexity index is 393. The molecule has 1 N–H and O–H groups in total. The predicted molar refractivity (Wildman–Crippen MR) is 69.8 cm³/mol. The lowest BCUT2D eigenvalue weighted by atomic mass is 10.2. The summed E-state index contributed by atoms with van der Waals surface area (Å²) in [5.41, 5.74) is 0.899. The van der Waals surface area contributed by atoms with Crippen LogP contribution in [0.1, 0.15) is 12.5 Å². The number of hydrogen-bond acceptors (Lipinski definition) is 4. The molecule has 0 heterocycles. The summed E-state index contributed by atoms with van der Waals surface area (Å²) in [7, 11) is 3.18. The molecule has 1 aromatic rings. The van der Waals surface area contributed by atoms with Crippen LogP contribution in [0.15, 0.2) is 18.2 Å². The number of amides is 1. The third kappa shape index (κ3) is 3.85. The first-order chi connectivity index (χ1) is 8.08. The molecule has 0 aromatic heterocycles. The molecule has 1 rings (SSSR count). The summed E-state index contributed by atoms with van der Waals surface area (Å²) < 4.78 is 10.3. The van der Waals surface area contributed by atoms with Gasteiger partial charge < -0.3 is 14.8 Å². The van der Waals surface area contributed by atoms with E-state index >= 15 is 0 Å². The molecule has 1 unspecified atom stereocenters. The third-order valence-electron chi connectivity index (χ3n) is 2.33.